The van der Waals surface area contributed by atoms with Crippen molar-refractivity contribution in [2.75, 3.05) is 0 Å². The second kappa shape index (κ2) is 3.62. The average molecular weight is 217 g/mol. The maximum absolute atomic E-state index is 12.6. The molecule has 0 N–H and O–H groups in total. The van der Waals surface area contributed by atoms with Gasteiger partial charge in [-0.05, 0) is 17.7 Å². The summed E-state index contributed by atoms with van der Waals surface area (Å²) in [5.41, 5.74) is 0.392. The van der Waals surface area contributed by atoms with Crippen molar-refractivity contribution in [3.05, 3.63) is 34.3 Å². The van der Waals surface area contributed by atoms with Gasteiger partial charge in [-0.1, -0.05) is 28.1 Å². The van der Waals surface area contributed by atoms with E-state index in [2.05, 4.69) is 15.9 Å². The SMILES string of the molecule is O=CC(F)c1ccc(Br)cc1. The highest BCUT2D eigenvalue weighted by Crippen LogP contribution is 2.17. The fraction of sp³-hybridized carbons (Fsp3) is 0.125. The van der Waals surface area contributed by atoms with Gasteiger partial charge in [0.15, 0.2) is 12.5 Å². The summed E-state index contributed by atoms with van der Waals surface area (Å²) in [6, 6.07) is 6.54. The molecule has 0 fully saturated rings. The van der Waals surface area contributed by atoms with Gasteiger partial charge in [-0.3, -0.25) is 4.79 Å². The normalized spacial score (nSPS) is 12.5. The van der Waals surface area contributed by atoms with E-state index in [9.17, 15) is 9.18 Å². The fourth-order valence-electron chi connectivity index (χ4n) is 0.725. The molecule has 1 nitrogen and oxygen atoms in total. The van der Waals surface area contributed by atoms with Gasteiger partial charge < -0.3 is 0 Å². The Labute approximate surface area is 72.4 Å². The van der Waals surface area contributed by atoms with Crippen LogP contribution in [0.1, 0.15) is 11.7 Å². The standard InChI is InChI=1S/C8H6BrFO/c9-7-3-1-6(2-4-7)8(10)5-11/h1-5,8H. The van der Waals surface area contributed by atoms with Crippen LogP contribution in [0.15, 0.2) is 28.7 Å². The maximum atomic E-state index is 12.6. The second-order valence-corrected chi connectivity index (χ2v) is 3.01. The Balaban J connectivity index is 2.89. The van der Waals surface area contributed by atoms with Crippen LogP contribution in [0.5, 0.6) is 0 Å². The molecule has 0 spiro atoms. The smallest absolute Gasteiger partial charge is 0.180 e. The molecule has 1 atom stereocenters. The zero-order valence-electron chi connectivity index (χ0n) is 5.63. The molecular weight excluding hydrogens is 211 g/mol. The third kappa shape index (κ3) is 2.12. The lowest BCUT2D eigenvalue weighted by molar-refractivity contribution is -0.112. The topological polar surface area (TPSA) is 17.1 Å². The first-order valence-electron chi connectivity index (χ1n) is 3.09. The van der Waals surface area contributed by atoms with Crippen LogP contribution in [0.4, 0.5) is 4.39 Å². The first-order valence-corrected chi connectivity index (χ1v) is 3.88. The quantitative estimate of drug-likeness (QED) is 0.696. The number of aldehydes is 1. The van der Waals surface area contributed by atoms with Crippen LogP contribution >= 0.6 is 15.9 Å². The van der Waals surface area contributed by atoms with Crippen molar-refractivity contribution in [1.82, 2.24) is 0 Å². The number of hydrogen-bond donors (Lipinski definition) is 0. The van der Waals surface area contributed by atoms with Gasteiger partial charge in [0.2, 0.25) is 0 Å². The molecule has 0 radical (unpaired) electrons. The molecule has 3 heteroatoms. The summed E-state index contributed by atoms with van der Waals surface area (Å²) in [5, 5.41) is 0. The summed E-state index contributed by atoms with van der Waals surface area (Å²) >= 11 is 3.21. The fourth-order valence-corrected chi connectivity index (χ4v) is 0.990. The summed E-state index contributed by atoms with van der Waals surface area (Å²) < 4.78 is 13.5. The number of alkyl halides is 1. The minimum Gasteiger partial charge on any atom is -0.300 e. The van der Waals surface area contributed by atoms with E-state index in [0.29, 0.717) is 5.56 Å². The molecule has 1 unspecified atom stereocenters. The molecule has 1 aromatic carbocycles. The second-order valence-electron chi connectivity index (χ2n) is 2.09. The molecule has 1 aromatic rings. The Kier molecular flexibility index (Phi) is 2.76. The van der Waals surface area contributed by atoms with E-state index < -0.39 is 6.17 Å². The monoisotopic (exact) mass is 216 g/mol. The van der Waals surface area contributed by atoms with Crippen molar-refractivity contribution >= 4 is 22.2 Å². The highest BCUT2D eigenvalue weighted by atomic mass is 79.9. The Hall–Kier alpha value is -0.700. The Morgan fingerprint density at radius 2 is 1.91 bits per heavy atom. The van der Waals surface area contributed by atoms with Crippen molar-refractivity contribution in [2.45, 2.75) is 6.17 Å². The lowest BCUT2D eigenvalue weighted by atomic mass is 10.1. The number of rotatable bonds is 2. The third-order valence-corrected chi connectivity index (χ3v) is 1.84. The van der Waals surface area contributed by atoms with Gasteiger partial charge in [-0.15, -0.1) is 0 Å². The van der Waals surface area contributed by atoms with Gasteiger partial charge in [0.25, 0.3) is 0 Å². The van der Waals surface area contributed by atoms with Crippen LogP contribution in [-0.2, 0) is 4.79 Å². The van der Waals surface area contributed by atoms with E-state index >= 15 is 0 Å². The van der Waals surface area contributed by atoms with Gasteiger partial charge in [-0.25, -0.2) is 4.39 Å². The molecule has 0 aromatic heterocycles. The number of halogens is 2. The minimum absolute atomic E-state index is 0.281. The molecule has 0 saturated heterocycles. The van der Waals surface area contributed by atoms with Crippen LogP contribution in [0, 0.1) is 0 Å². The summed E-state index contributed by atoms with van der Waals surface area (Å²) in [6.07, 6.45) is -1.22. The Morgan fingerprint density at radius 3 is 2.36 bits per heavy atom. The molecule has 0 amide bonds. The van der Waals surface area contributed by atoms with Crippen LogP contribution in [0.2, 0.25) is 0 Å². The lowest BCUT2D eigenvalue weighted by Gasteiger charge is -1.99. The van der Waals surface area contributed by atoms with Gasteiger partial charge in [0.1, 0.15) is 0 Å². The van der Waals surface area contributed by atoms with E-state index in [4.69, 9.17) is 0 Å². The Morgan fingerprint density at radius 1 is 1.36 bits per heavy atom. The summed E-state index contributed by atoms with van der Waals surface area (Å²) in [4.78, 5) is 10.0. The van der Waals surface area contributed by atoms with Crippen molar-refractivity contribution < 1.29 is 9.18 Å². The van der Waals surface area contributed by atoms with Crippen LogP contribution in [0.25, 0.3) is 0 Å². The largest absolute Gasteiger partial charge is 0.300 e. The van der Waals surface area contributed by atoms with Gasteiger partial charge >= 0.3 is 0 Å². The van der Waals surface area contributed by atoms with Crippen LogP contribution < -0.4 is 0 Å². The third-order valence-electron chi connectivity index (χ3n) is 1.31. The molecule has 0 aliphatic heterocycles. The van der Waals surface area contributed by atoms with Gasteiger partial charge in [-0.2, -0.15) is 0 Å². The van der Waals surface area contributed by atoms with Gasteiger partial charge in [0.05, 0.1) is 0 Å². The molecular formula is C8H6BrFO. The van der Waals surface area contributed by atoms with Crippen LogP contribution in [0.3, 0.4) is 0 Å². The molecule has 0 saturated carbocycles. The molecule has 1 rings (SSSR count). The molecule has 0 aliphatic carbocycles. The molecule has 0 heterocycles. The number of carbonyl (C=O) groups excluding carboxylic acids is 1. The number of hydrogen-bond acceptors (Lipinski definition) is 1. The molecule has 0 aliphatic rings. The van der Waals surface area contributed by atoms with Crippen molar-refractivity contribution in [2.24, 2.45) is 0 Å². The van der Waals surface area contributed by atoms with Gasteiger partial charge in [0, 0.05) is 4.47 Å². The zero-order chi connectivity index (χ0) is 8.27. The summed E-state index contributed by atoms with van der Waals surface area (Å²) in [5.74, 6) is 0. The highest BCUT2D eigenvalue weighted by molar-refractivity contribution is 9.10. The van der Waals surface area contributed by atoms with E-state index in [1.807, 2.05) is 0 Å². The molecule has 0 bridgehead atoms. The predicted octanol–water partition coefficient (Wildman–Crippen LogP) is 2.66. The van der Waals surface area contributed by atoms with Crippen molar-refractivity contribution in [1.29, 1.82) is 0 Å². The summed E-state index contributed by atoms with van der Waals surface area (Å²) in [7, 11) is 0. The number of benzene rings is 1. The lowest BCUT2D eigenvalue weighted by Crippen LogP contribution is -1.90. The van der Waals surface area contributed by atoms with E-state index in [0.717, 1.165) is 4.47 Å². The first-order chi connectivity index (χ1) is 5.24. The maximum Gasteiger partial charge on any atom is 0.180 e. The average Bonchev–Trinajstić information content (AvgIpc) is 2.05. The van der Waals surface area contributed by atoms with E-state index in [-0.39, 0.29) is 6.29 Å². The zero-order valence-corrected chi connectivity index (χ0v) is 7.21. The Bertz CT molecular complexity index is 245. The molecule has 58 valence electrons. The predicted molar refractivity (Wildman–Crippen MR) is 44.1 cm³/mol. The first kappa shape index (κ1) is 8.40. The van der Waals surface area contributed by atoms with E-state index in [1.165, 1.54) is 0 Å². The van der Waals surface area contributed by atoms with E-state index in [1.54, 1.807) is 24.3 Å². The number of carbonyl (C=O) groups is 1. The van der Waals surface area contributed by atoms with Crippen molar-refractivity contribution in [3.8, 4) is 0 Å². The summed E-state index contributed by atoms with van der Waals surface area (Å²) in [6.45, 7) is 0. The molecule has 11 heavy (non-hydrogen) atoms. The minimum atomic E-state index is -1.50. The highest BCUT2D eigenvalue weighted by Gasteiger charge is 2.05. The van der Waals surface area contributed by atoms with Crippen molar-refractivity contribution in [3.63, 3.8) is 0 Å². The van der Waals surface area contributed by atoms with Crippen LogP contribution in [-0.4, -0.2) is 6.29 Å².